The van der Waals surface area contributed by atoms with Crippen molar-refractivity contribution in [2.24, 2.45) is 11.8 Å². The first-order valence-electron chi connectivity index (χ1n) is 23.9. The van der Waals surface area contributed by atoms with Gasteiger partial charge < -0.3 is 9.46 Å². The van der Waals surface area contributed by atoms with Crippen molar-refractivity contribution in [2.45, 2.75) is 273 Å². The molecule has 0 rings (SSSR count). The van der Waals surface area contributed by atoms with Crippen molar-refractivity contribution < 1.29 is 9.46 Å². The van der Waals surface area contributed by atoms with E-state index < -0.39 is 24.9 Å². The molecule has 0 aromatic rings. The minimum Gasteiger partial charge on any atom is -0.799 e. The summed E-state index contributed by atoms with van der Waals surface area (Å²) in [5, 5.41) is -1.26. The quantitative estimate of drug-likeness (QED) is 0.0470. The maximum absolute atomic E-state index is 13.1. The van der Waals surface area contributed by atoms with Gasteiger partial charge in [0.2, 0.25) is 0 Å². The monoisotopic (exact) mass is 773 g/mol. The van der Waals surface area contributed by atoms with Crippen molar-refractivity contribution in [1.29, 1.82) is 0 Å². The van der Waals surface area contributed by atoms with Gasteiger partial charge in [0.1, 0.15) is 0 Å². The Labute approximate surface area is 332 Å². The third kappa shape index (κ3) is 23.6. The molecule has 4 heteroatoms. The van der Waals surface area contributed by atoms with Gasteiger partial charge >= 0.3 is 0 Å². The van der Waals surface area contributed by atoms with Crippen LogP contribution >= 0.6 is 14.6 Å². The second-order valence-corrected chi connectivity index (χ2v) is 26.4. The average molecular weight is 773 g/mol. The molecule has 2 atom stereocenters. The maximum atomic E-state index is 13.1. The van der Waals surface area contributed by atoms with Crippen molar-refractivity contribution in [2.75, 3.05) is 24.6 Å². The van der Waals surface area contributed by atoms with E-state index in [0.717, 1.165) is 25.7 Å². The second kappa shape index (κ2) is 33.7. The van der Waals surface area contributed by atoms with E-state index in [0.29, 0.717) is 0 Å². The standard InChI is InChI=1S/C32H68P.C16H35O2P/c1-5-9-13-17-18-19-20-21-22-23-24-28-32-33(29-25-14-10-6-2,30-26-15-11-7-3)31-27-16-12-8-4;1-9-11-13(3)15(5,6)19(17,18)16(7,8)14(4)12-10-2/h5-32H2,1-4H3;13-14H,9-12H2,1-8H3,(H,17,18)/q+1;/p-1. The first-order valence-corrected chi connectivity index (χ1v) is 28.0. The van der Waals surface area contributed by atoms with Gasteiger partial charge in [-0.1, -0.05) is 212 Å². The summed E-state index contributed by atoms with van der Waals surface area (Å²) in [5.41, 5.74) is 0. The van der Waals surface area contributed by atoms with Gasteiger partial charge in [-0.3, -0.25) is 0 Å². The van der Waals surface area contributed by atoms with Gasteiger partial charge in [-0.25, -0.2) is 0 Å². The van der Waals surface area contributed by atoms with Gasteiger partial charge in [-0.15, -0.1) is 0 Å². The SMILES string of the molecule is CCCC(C)C(C)(C)P(=O)([O-])C(C)(C)C(C)CCC.CCCCCCCCCCCCCC[P+](CCCCCC)(CCCCCC)CCCCCC. The molecule has 0 aliphatic rings. The average Bonchev–Trinajstić information content (AvgIpc) is 3.11. The van der Waals surface area contributed by atoms with Crippen molar-refractivity contribution in [3.63, 3.8) is 0 Å². The van der Waals surface area contributed by atoms with E-state index in [1.54, 1.807) is 50.3 Å². The smallest absolute Gasteiger partial charge is 0.0594 e. The zero-order valence-corrected chi connectivity index (χ0v) is 40.3. The van der Waals surface area contributed by atoms with Crippen molar-refractivity contribution in [3.8, 4) is 0 Å². The molecule has 0 bridgehead atoms. The summed E-state index contributed by atoms with van der Waals surface area (Å²) in [5.74, 6) is 0.405. The molecule has 0 fully saturated rings. The third-order valence-corrected chi connectivity index (χ3v) is 22.3. The first-order chi connectivity index (χ1) is 24.7. The molecule has 0 aromatic heterocycles. The highest BCUT2D eigenvalue weighted by Crippen LogP contribution is 2.66. The normalized spacial score (nSPS) is 14.9. The lowest BCUT2D eigenvalue weighted by atomic mass is 9.91. The number of rotatable bonds is 36. The lowest BCUT2D eigenvalue weighted by molar-refractivity contribution is -0.188. The van der Waals surface area contributed by atoms with Crippen LogP contribution in [0.3, 0.4) is 0 Å². The van der Waals surface area contributed by atoms with E-state index in [1.165, 1.54) is 128 Å². The zero-order chi connectivity index (χ0) is 39.8. The Morgan fingerprint density at radius 3 is 0.846 bits per heavy atom. The maximum Gasteiger partial charge on any atom is 0.0594 e. The fourth-order valence-electron chi connectivity index (χ4n) is 8.48. The first kappa shape index (κ1) is 54.7. The van der Waals surface area contributed by atoms with Gasteiger partial charge in [0.15, 0.2) is 0 Å². The Morgan fingerprint density at radius 2 is 0.615 bits per heavy atom. The van der Waals surface area contributed by atoms with Gasteiger partial charge in [-0.2, -0.15) is 0 Å². The van der Waals surface area contributed by atoms with Crippen molar-refractivity contribution in [3.05, 3.63) is 0 Å². The van der Waals surface area contributed by atoms with Crippen LogP contribution < -0.4 is 4.89 Å². The minimum atomic E-state index is -3.52. The lowest BCUT2D eigenvalue weighted by Crippen LogP contribution is -2.46. The van der Waals surface area contributed by atoms with E-state index in [2.05, 4.69) is 55.4 Å². The highest BCUT2D eigenvalue weighted by Gasteiger charge is 2.47. The summed E-state index contributed by atoms with van der Waals surface area (Å²) in [7, 11) is -4.22. The molecule has 0 aliphatic carbocycles. The van der Waals surface area contributed by atoms with E-state index in [9.17, 15) is 9.46 Å². The zero-order valence-electron chi connectivity index (χ0n) is 38.5. The van der Waals surface area contributed by atoms with Crippen LogP contribution in [0.25, 0.3) is 0 Å². The van der Waals surface area contributed by atoms with Gasteiger partial charge in [0, 0.05) is 24.9 Å². The molecule has 52 heavy (non-hydrogen) atoms. The molecule has 0 heterocycles. The Bertz CT molecular complexity index is 747. The lowest BCUT2D eigenvalue weighted by Gasteiger charge is -2.54. The van der Waals surface area contributed by atoms with Crippen LogP contribution in [0.2, 0.25) is 0 Å². The molecule has 0 aromatic carbocycles. The minimum absolute atomic E-state index is 0.203. The molecular formula is C48H102O2P2. The van der Waals surface area contributed by atoms with Crippen LogP contribution in [0.1, 0.15) is 263 Å². The van der Waals surface area contributed by atoms with E-state index in [1.807, 2.05) is 27.7 Å². The Morgan fingerprint density at radius 1 is 0.404 bits per heavy atom. The molecule has 2 nitrogen and oxygen atoms in total. The van der Waals surface area contributed by atoms with Gasteiger partial charge in [0.05, 0.1) is 24.6 Å². The Balaban J connectivity index is 0. The van der Waals surface area contributed by atoms with Crippen molar-refractivity contribution in [1.82, 2.24) is 0 Å². The Hall–Kier alpha value is 0.620. The molecule has 0 radical (unpaired) electrons. The summed E-state index contributed by atoms with van der Waals surface area (Å²) in [4.78, 5) is 13.1. The van der Waals surface area contributed by atoms with E-state index in [-0.39, 0.29) is 11.8 Å². The van der Waals surface area contributed by atoms with E-state index in [4.69, 9.17) is 0 Å². The molecule has 0 amide bonds. The largest absolute Gasteiger partial charge is 0.799 e. The van der Waals surface area contributed by atoms with Crippen molar-refractivity contribution >= 4 is 14.6 Å². The number of hydrogen-bond donors (Lipinski definition) is 0. The second-order valence-electron chi connectivity index (χ2n) is 18.5. The van der Waals surface area contributed by atoms with Crippen LogP contribution in [-0.4, -0.2) is 35.0 Å². The van der Waals surface area contributed by atoms with Crippen LogP contribution in [0.4, 0.5) is 0 Å². The van der Waals surface area contributed by atoms with Crippen LogP contribution in [0, 0.1) is 11.8 Å². The molecule has 0 N–H and O–H groups in total. The topological polar surface area (TPSA) is 40.1 Å². The van der Waals surface area contributed by atoms with Crippen LogP contribution in [0.5, 0.6) is 0 Å². The predicted octanol–water partition coefficient (Wildman–Crippen LogP) is 17.5. The molecule has 0 saturated carbocycles. The molecule has 0 saturated heterocycles. The number of hydrogen-bond acceptors (Lipinski definition) is 2. The summed E-state index contributed by atoms with van der Waals surface area (Å²) >= 11 is 0. The molecule has 2 unspecified atom stereocenters. The molecular weight excluding hydrogens is 670 g/mol. The third-order valence-electron chi connectivity index (χ3n) is 13.3. The molecule has 0 spiro atoms. The highest BCUT2D eigenvalue weighted by molar-refractivity contribution is 7.75. The summed E-state index contributed by atoms with van der Waals surface area (Å²) < 4.78 is 13.1. The number of unbranched alkanes of at least 4 members (excludes halogenated alkanes) is 20. The summed E-state index contributed by atoms with van der Waals surface area (Å²) in [6, 6.07) is 0. The molecule has 316 valence electrons. The summed E-state index contributed by atoms with van der Waals surface area (Å²) in [6.45, 7) is 25.5. The predicted molar refractivity (Wildman–Crippen MR) is 244 cm³/mol. The fraction of sp³-hybridized carbons (Fsp3) is 1.00. The summed E-state index contributed by atoms with van der Waals surface area (Å²) in [6.07, 6.45) is 46.1. The molecule has 0 aliphatic heterocycles. The van der Waals surface area contributed by atoms with Gasteiger partial charge in [0.25, 0.3) is 0 Å². The van der Waals surface area contributed by atoms with Crippen LogP contribution in [0.15, 0.2) is 0 Å². The van der Waals surface area contributed by atoms with Crippen LogP contribution in [-0.2, 0) is 4.57 Å². The Kier molecular flexibility index (Phi) is 35.5. The fourth-order valence-corrected chi connectivity index (χ4v) is 16.3. The van der Waals surface area contributed by atoms with Gasteiger partial charge in [-0.05, 0) is 63.2 Å². The highest BCUT2D eigenvalue weighted by atomic mass is 31.2. The van der Waals surface area contributed by atoms with E-state index >= 15 is 0 Å².